The number of rotatable bonds is 3. The highest BCUT2D eigenvalue weighted by Crippen LogP contribution is 2.25. The summed E-state index contributed by atoms with van der Waals surface area (Å²) in [4.78, 5) is 0. The quantitative estimate of drug-likeness (QED) is 0.691. The van der Waals surface area contributed by atoms with Crippen molar-refractivity contribution in [3.05, 3.63) is 0 Å². The first-order valence-corrected chi connectivity index (χ1v) is 4.57. The van der Waals surface area contributed by atoms with Crippen LogP contribution in [0.4, 0.5) is 0 Å². The van der Waals surface area contributed by atoms with Gasteiger partial charge in [0.1, 0.15) is 18.3 Å². The normalized spacial score (nSPS) is 43.9. The van der Waals surface area contributed by atoms with Crippen molar-refractivity contribution in [1.82, 2.24) is 0 Å². The molecule has 1 fully saturated rings. The molecule has 1 unspecified atom stereocenters. The van der Waals surface area contributed by atoms with E-state index in [4.69, 9.17) is 18.9 Å². The summed E-state index contributed by atoms with van der Waals surface area (Å²) in [7, 11) is 4.60. The molecular formula is C9H18O5. The van der Waals surface area contributed by atoms with Crippen LogP contribution in [-0.2, 0) is 18.9 Å². The molecule has 5 heteroatoms. The Morgan fingerprint density at radius 2 is 1.57 bits per heavy atom. The molecule has 0 aromatic rings. The van der Waals surface area contributed by atoms with Crippen molar-refractivity contribution in [2.45, 2.75) is 37.6 Å². The lowest BCUT2D eigenvalue weighted by molar-refractivity contribution is -0.295. The van der Waals surface area contributed by atoms with Crippen molar-refractivity contribution in [1.29, 1.82) is 0 Å². The van der Waals surface area contributed by atoms with Gasteiger partial charge >= 0.3 is 0 Å². The number of hydrogen-bond donors (Lipinski definition) is 1. The molecule has 0 radical (unpaired) electrons. The largest absolute Gasteiger partial charge is 0.388 e. The predicted octanol–water partition coefficient (Wildman–Crippen LogP) is -0.232. The number of ether oxygens (including phenoxy) is 4. The van der Waals surface area contributed by atoms with Crippen LogP contribution >= 0.6 is 0 Å². The van der Waals surface area contributed by atoms with Crippen LogP contribution in [0, 0.1) is 0 Å². The average Bonchev–Trinajstić information content (AvgIpc) is 2.20. The van der Waals surface area contributed by atoms with Crippen LogP contribution in [0.25, 0.3) is 0 Å². The molecular weight excluding hydrogens is 188 g/mol. The smallest absolute Gasteiger partial charge is 0.186 e. The van der Waals surface area contributed by atoms with Crippen molar-refractivity contribution < 1.29 is 24.1 Å². The van der Waals surface area contributed by atoms with E-state index in [1.165, 1.54) is 21.3 Å². The molecule has 5 atom stereocenters. The van der Waals surface area contributed by atoms with E-state index in [-0.39, 0.29) is 6.10 Å². The highest BCUT2D eigenvalue weighted by molar-refractivity contribution is 4.89. The Morgan fingerprint density at radius 1 is 1.00 bits per heavy atom. The van der Waals surface area contributed by atoms with E-state index >= 15 is 0 Å². The van der Waals surface area contributed by atoms with Crippen LogP contribution in [0.15, 0.2) is 0 Å². The van der Waals surface area contributed by atoms with Crippen molar-refractivity contribution in [3.63, 3.8) is 0 Å². The summed E-state index contributed by atoms with van der Waals surface area (Å²) >= 11 is 0. The monoisotopic (exact) mass is 206 g/mol. The van der Waals surface area contributed by atoms with Gasteiger partial charge in [-0.3, -0.25) is 0 Å². The fourth-order valence-electron chi connectivity index (χ4n) is 1.69. The van der Waals surface area contributed by atoms with Crippen LogP contribution in [0.2, 0.25) is 0 Å². The van der Waals surface area contributed by atoms with E-state index in [2.05, 4.69) is 0 Å². The molecule has 0 aliphatic carbocycles. The molecule has 1 aliphatic rings. The Balaban J connectivity index is 2.75. The van der Waals surface area contributed by atoms with Crippen LogP contribution in [-0.4, -0.2) is 57.1 Å². The molecule has 1 saturated heterocycles. The minimum Gasteiger partial charge on any atom is -0.388 e. The lowest BCUT2D eigenvalue weighted by Gasteiger charge is -2.41. The van der Waals surface area contributed by atoms with E-state index < -0.39 is 24.6 Å². The molecule has 0 aromatic heterocycles. The molecule has 0 aromatic carbocycles. The second-order valence-corrected chi connectivity index (χ2v) is 3.34. The Bertz CT molecular complexity index is 171. The fourth-order valence-corrected chi connectivity index (χ4v) is 1.69. The maximum Gasteiger partial charge on any atom is 0.186 e. The second-order valence-electron chi connectivity index (χ2n) is 3.34. The van der Waals surface area contributed by atoms with Crippen molar-refractivity contribution >= 4 is 0 Å². The summed E-state index contributed by atoms with van der Waals surface area (Å²) in [5, 5.41) is 9.77. The molecule has 0 saturated carbocycles. The van der Waals surface area contributed by atoms with Gasteiger partial charge in [-0.1, -0.05) is 0 Å². The third kappa shape index (κ3) is 2.07. The maximum atomic E-state index is 9.77. The summed E-state index contributed by atoms with van der Waals surface area (Å²) in [5.41, 5.74) is 0. The van der Waals surface area contributed by atoms with E-state index in [1.54, 1.807) is 6.92 Å². The minimum atomic E-state index is -0.698. The lowest BCUT2D eigenvalue weighted by Crippen LogP contribution is -2.58. The van der Waals surface area contributed by atoms with E-state index in [9.17, 15) is 5.11 Å². The first-order valence-electron chi connectivity index (χ1n) is 4.57. The van der Waals surface area contributed by atoms with E-state index in [0.29, 0.717) is 0 Å². The fraction of sp³-hybridized carbons (Fsp3) is 1.00. The Morgan fingerprint density at radius 3 is 2.00 bits per heavy atom. The van der Waals surface area contributed by atoms with Gasteiger partial charge in [-0.2, -0.15) is 0 Å². The average molecular weight is 206 g/mol. The SMILES string of the molecule is COC1O[C@H](C)[C@@H](O)[C@@H](OC)[C@@H]1OC. The molecule has 5 nitrogen and oxygen atoms in total. The summed E-state index contributed by atoms with van der Waals surface area (Å²) in [6.07, 6.45) is -2.35. The number of aliphatic hydroxyl groups excluding tert-OH is 1. The van der Waals surface area contributed by atoms with Gasteiger partial charge in [-0.25, -0.2) is 0 Å². The molecule has 1 aliphatic heterocycles. The van der Waals surface area contributed by atoms with Crippen LogP contribution < -0.4 is 0 Å². The first kappa shape index (κ1) is 11.9. The molecule has 0 bridgehead atoms. The zero-order valence-electron chi connectivity index (χ0n) is 8.97. The van der Waals surface area contributed by atoms with Crippen LogP contribution in [0.5, 0.6) is 0 Å². The highest BCUT2D eigenvalue weighted by Gasteiger charge is 2.44. The van der Waals surface area contributed by atoms with E-state index in [1.807, 2.05) is 0 Å². The van der Waals surface area contributed by atoms with Gasteiger partial charge in [0.25, 0.3) is 0 Å². The highest BCUT2D eigenvalue weighted by atomic mass is 16.7. The maximum absolute atomic E-state index is 9.77. The van der Waals surface area contributed by atoms with Crippen LogP contribution in [0.1, 0.15) is 6.92 Å². The third-order valence-electron chi connectivity index (χ3n) is 2.54. The van der Waals surface area contributed by atoms with Crippen molar-refractivity contribution in [2.24, 2.45) is 0 Å². The number of methoxy groups -OCH3 is 3. The summed E-state index contributed by atoms with van der Waals surface area (Å²) < 4.78 is 20.9. The molecule has 0 spiro atoms. The van der Waals surface area contributed by atoms with Crippen molar-refractivity contribution in [3.8, 4) is 0 Å². The Labute approximate surface area is 83.9 Å². The number of hydrogen-bond acceptors (Lipinski definition) is 5. The van der Waals surface area contributed by atoms with Crippen LogP contribution in [0.3, 0.4) is 0 Å². The van der Waals surface area contributed by atoms with E-state index in [0.717, 1.165) is 0 Å². The van der Waals surface area contributed by atoms with Gasteiger partial charge in [0.2, 0.25) is 0 Å². The standard InChI is InChI=1S/C9H18O5/c1-5-6(10)7(11-2)8(12-3)9(13-4)14-5/h5-10H,1-4H3/t5-,6-,7-,8+,9?/m1/s1. The van der Waals surface area contributed by atoms with Gasteiger partial charge in [-0.05, 0) is 6.92 Å². The minimum absolute atomic E-state index is 0.323. The predicted molar refractivity (Wildman–Crippen MR) is 48.9 cm³/mol. The molecule has 1 N–H and O–H groups in total. The van der Waals surface area contributed by atoms with Gasteiger partial charge in [0.05, 0.1) is 6.10 Å². The molecule has 1 heterocycles. The summed E-state index contributed by atoms with van der Waals surface area (Å²) in [5.74, 6) is 0. The molecule has 0 amide bonds. The van der Waals surface area contributed by atoms with Gasteiger partial charge < -0.3 is 24.1 Å². The summed E-state index contributed by atoms with van der Waals surface area (Å²) in [6.45, 7) is 1.77. The third-order valence-corrected chi connectivity index (χ3v) is 2.54. The lowest BCUT2D eigenvalue weighted by atomic mass is 9.99. The summed E-state index contributed by atoms with van der Waals surface area (Å²) in [6, 6.07) is 0. The molecule has 1 rings (SSSR count). The Hall–Kier alpha value is -0.200. The van der Waals surface area contributed by atoms with Gasteiger partial charge in [0, 0.05) is 21.3 Å². The topological polar surface area (TPSA) is 57.2 Å². The van der Waals surface area contributed by atoms with Gasteiger partial charge in [-0.15, -0.1) is 0 Å². The second kappa shape index (κ2) is 5.04. The Kier molecular flexibility index (Phi) is 4.28. The van der Waals surface area contributed by atoms with Crippen molar-refractivity contribution in [2.75, 3.05) is 21.3 Å². The zero-order chi connectivity index (χ0) is 10.7. The van der Waals surface area contributed by atoms with Gasteiger partial charge in [0.15, 0.2) is 6.29 Å². The molecule has 14 heavy (non-hydrogen) atoms. The number of aliphatic hydroxyl groups is 1. The molecule has 84 valence electrons. The zero-order valence-corrected chi connectivity index (χ0v) is 8.97. The first-order chi connectivity index (χ1) is 6.65.